The van der Waals surface area contributed by atoms with E-state index in [0.29, 0.717) is 13.0 Å². The Labute approximate surface area is 135 Å². The molecule has 4 nitrogen and oxygen atoms in total. The molecule has 4 heteroatoms. The first kappa shape index (κ1) is 15.4. The highest BCUT2D eigenvalue weighted by atomic mass is 16.5. The van der Waals surface area contributed by atoms with Gasteiger partial charge in [-0.3, -0.25) is 0 Å². The minimum absolute atomic E-state index is 0.580. The van der Waals surface area contributed by atoms with Crippen LogP contribution in [0.1, 0.15) is 16.9 Å². The normalized spacial score (nSPS) is 10.9. The number of nitrogens with two attached hydrogens (primary N) is 1. The Kier molecular flexibility index (Phi) is 4.53. The van der Waals surface area contributed by atoms with Gasteiger partial charge in [-0.1, -0.05) is 12.1 Å². The van der Waals surface area contributed by atoms with Gasteiger partial charge >= 0.3 is 0 Å². The van der Waals surface area contributed by atoms with Crippen LogP contribution >= 0.6 is 0 Å². The van der Waals surface area contributed by atoms with Crippen LogP contribution in [0.2, 0.25) is 0 Å². The SMILES string of the molecule is COc1cccc(Cc2oc3ccc(OC)cc3c2CCN)c1. The van der Waals surface area contributed by atoms with Gasteiger partial charge in [0.2, 0.25) is 0 Å². The Balaban J connectivity index is 2.03. The first-order chi connectivity index (χ1) is 11.2. The summed E-state index contributed by atoms with van der Waals surface area (Å²) in [6.45, 7) is 0.580. The van der Waals surface area contributed by atoms with Crippen molar-refractivity contribution in [3.63, 3.8) is 0 Å². The predicted molar refractivity (Wildman–Crippen MR) is 91.3 cm³/mol. The second-order valence-electron chi connectivity index (χ2n) is 5.43. The summed E-state index contributed by atoms with van der Waals surface area (Å²) in [6.07, 6.45) is 1.49. The molecule has 0 unspecified atom stereocenters. The molecule has 0 spiro atoms. The van der Waals surface area contributed by atoms with Crippen molar-refractivity contribution in [1.29, 1.82) is 0 Å². The van der Waals surface area contributed by atoms with Crippen molar-refractivity contribution in [3.05, 3.63) is 59.4 Å². The van der Waals surface area contributed by atoms with Crippen molar-refractivity contribution >= 4 is 11.0 Å². The molecule has 120 valence electrons. The molecule has 0 saturated heterocycles. The van der Waals surface area contributed by atoms with E-state index in [1.807, 2.05) is 36.4 Å². The fourth-order valence-electron chi connectivity index (χ4n) is 2.83. The summed E-state index contributed by atoms with van der Waals surface area (Å²) < 4.78 is 16.7. The summed E-state index contributed by atoms with van der Waals surface area (Å²) in [6, 6.07) is 13.9. The molecule has 0 aliphatic carbocycles. The summed E-state index contributed by atoms with van der Waals surface area (Å²) >= 11 is 0. The molecule has 3 aromatic rings. The van der Waals surface area contributed by atoms with E-state index < -0.39 is 0 Å². The Bertz CT molecular complexity index is 807. The standard InChI is InChI=1S/C19H21NO3/c1-21-14-5-3-4-13(10-14)11-19-16(8-9-20)17-12-15(22-2)6-7-18(17)23-19/h3-7,10,12H,8-9,11,20H2,1-2H3. The number of fused-ring (bicyclic) bond motifs is 1. The third-order valence-corrected chi connectivity index (χ3v) is 3.97. The van der Waals surface area contributed by atoms with Crippen LogP contribution in [0, 0.1) is 0 Å². The fraction of sp³-hybridized carbons (Fsp3) is 0.263. The molecule has 0 radical (unpaired) electrons. The molecule has 1 heterocycles. The maximum absolute atomic E-state index is 6.08. The molecular formula is C19H21NO3. The minimum atomic E-state index is 0.580. The van der Waals surface area contributed by atoms with Gasteiger partial charge in [-0.15, -0.1) is 0 Å². The average Bonchev–Trinajstić information content (AvgIpc) is 2.92. The van der Waals surface area contributed by atoms with Crippen molar-refractivity contribution in [2.45, 2.75) is 12.8 Å². The average molecular weight is 311 g/mol. The number of methoxy groups -OCH3 is 2. The van der Waals surface area contributed by atoms with Crippen LogP contribution in [0.4, 0.5) is 0 Å². The zero-order valence-electron chi connectivity index (χ0n) is 13.5. The third kappa shape index (κ3) is 3.17. The smallest absolute Gasteiger partial charge is 0.134 e. The van der Waals surface area contributed by atoms with Crippen molar-refractivity contribution in [2.24, 2.45) is 5.73 Å². The maximum Gasteiger partial charge on any atom is 0.134 e. The summed E-state index contributed by atoms with van der Waals surface area (Å²) in [5, 5.41) is 1.08. The van der Waals surface area contributed by atoms with Gasteiger partial charge in [-0.25, -0.2) is 0 Å². The molecule has 3 rings (SSSR count). The van der Waals surface area contributed by atoms with Crippen LogP contribution < -0.4 is 15.2 Å². The zero-order chi connectivity index (χ0) is 16.2. The van der Waals surface area contributed by atoms with E-state index in [1.54, 1.807) is 14.2 Å². The van der Waals surface area contributed by atoms with Crippen molar-refractivity contribution in [3.8, 4) is 11.5 Å². The number of ether oxygens (including phenoxy) is 2. The summed E-state index contributed by atoms with van der Waals surface area (Å²) in [7, 11) is 3.34. The van der Waals surface area contributed by atoms with Gasteiger partial charge in [0, 0.05) is 17.4 Å². The lowest BCUT2D eigenvalue weighted by Crippen LogP contribution is -2.04. The monoisotopic (exact) mass is 311 g/mol. The zero-order valence-corrected chi connectivity index (χ0v) is 13.5. The van der Waals surface area contributed by atoms with E-state index in [9.17, 15) is 0 Å². The lowest BCUT2D eigenvalue weighted by atomic mass is 10.0. The maximum atomic E-state index is 6.08. The van der Waals surface area contributed by atoms with Gasteiger partial charge in [-0.05, 0) is 48.9 Å². The van der Waals surface area contributed by atoms with E-state index >= 15 is 0 Å². The largest absolute Gasteiger partial charge is 0.497 e. The third-order valence-electron chi connectivity index (χ3n) is 3.97. The molecule has 0 aliphatic heterocycles. The van der Waals surface area contributed by atoms with Crippen LogP contribution in [0.25, 0.3) is 11.0 Å². The van der Waals surface area contributed by atoms with Gasteiger partial charge in [0.05, 0.1) is 14.2 Å². The second-order valence-corrected chi connectivity index (χ2v) is 5.43. The number of benzene rings is 2. The Morgan fingerprint density at radius 3 is 2.52 bits per heavy atom. The topological polar surface area (TPSA) is 57.6 Å². The Hall–Kier alpha value is -2.46. The number of furan rings is 1. The molecule has 0 atom stereocenters. The molecule has 0 aliphatic rings. The van der Waals surface area contributed by atoms with Gasteiger partial charge in [-0.2, -0.15) is 0 Å². The quantitative estimate of drug-likeness (QED) is 0.756. The van der Waals surface area contributed by atoms with Crippen LogP contribution in [0.5, 0.6) is 11.5 Å². The molecule has 1 aromatic heterocycles. The van der Waals surface area contributed by atoms with Gasteiger partial charge in [0.25, 0.3) is 0 Å². The van der Waals surface area contributed by atoms with Crippen molar-refractivity contribution < 1.29 is 13.9 Å². The molecule has 2 N–H and O–H groups in total. The van der Waals surface area contributed by atoms with E-state index in [4.69, 9.17) is 19.6 Å². The second kappa shape index (κ2) is 6.75. The lowest BCUT2D eigenvalue weighted by molar-refractivity contribution is 0.414. The molecule has 0 fully saturated rings. The fourth-order valence-corrected chi connectivity index (χ4v) is 2.83. The Morgan fingerprint density at radius 2 is 1.78 bits per heavy atom. The highest BCUT2D eigenvalue weighted by Gasteiger charge is 2.15. The molecule has 2 aromatic carbocycles. The van der Waals surface area contributed by atoms with Crippen LogP contribution in [0.15, 0.2) is 46.9 Å². The summed E-state index contributed by atoms with van der Waals surface area (Å²) in [5.74, 6) is 2.62. The Morgan fingerprint density at radius 1 is 1.00 bits per heavy atom. The first-order valence-electron chi connectivity index (χ1n) is 7.66. The number of hydrogen-bond acceptors (Lipinski definition) is 4. The van der Waals surface area contributed by atoms with Crippen LogP contribution in [-0.4, -0.2) is 20.8 Å². The predicted octanol–water partition coefficient (Wildman–Crippen LogP) is 3.54. The van der Waals surface area contributed by atoms with Gasteiger partial charge in [0.15, 0.2) is 0 Å². The molecule has 0 bridgehead atoms. The van der Waals surface area contributed by atoms with Gasteiger partial charge in [0.1, 0.15) is 22.8 Å². The van der Waals surface area contributed by atoms with E-state index in [0.717, 1.165) is 45.8 Å². The van der Waals surface area contributed by atoms with Crippen LogP contribution in [0.3, 0.4) is 0 Å². The van der Waals surface area contributed by atoms with E-state index in [1.165, 1.54) is 0 Å². The number of hydrogen-bond donors (Lipinski definition) is 1. The van der Waals surface area contributed by atoms with Crippen molar-refractivity contribution in [1.82, 2.24) is 0 Å². The van der Waals surface area contributed by atoms with Gasteiger partial charge < -0.3 is 19.6 Å². The minimum Gasteiger partial charge on any atom is -0.497 e. The van der Waals surface area contributed by atoms with Crippen molar-refractivity contribution in [2.75, 3.05) is 20.8 Å². The van der Waals surface area contributed by atoms with E-state index in [2.05, 4.69) is 6.07 Å². The highest BCUT2D eigenvalue weighted by molar-refractivity contribution is 5.84. The molecular weight excluding hydrogens is 290 g/mol. The lowest BCUT2D eigenvalue weighted by Gasteiger charge is -2.05. The van der Waals surface area contributed by atoms with Crippen LogP contribution in [-0.2, 0) is 12.8 Å². The summed E-state index contributed by atoms with van der Waals surface area (Å²) in [4.78, 5) is 0. The molecule has 23 heavy (non-hydrogen) atoms. The number of rotatable bonds is 6. The summed E-state index contributed by atoms with van der Waals surface area (Å²) in [5.41, 5.74) is 8.97. The molecule has 0 saturated carbocycles. The van der Waals surface area contributed by atoms with E-state index in [-0.39, 0.29) is 0 Å². The first-order valence-corrected chi connectivity index (χ1v) is 7.66. The highest BCUT2D eigenvalue weighted by Crippen LogP contribution is 2.31. The molecule has 0 amide bonds.